The van der Waals surface area contributed by atoms with Gasteiger partial charge in [0.05, 0.1) is 6.61 Å². The van der Waals surface area contributed by atoms with E-state index in [1.807, 2.05) is 0 Å². The van der Waals surface area contributed by atoms with Gasteiger partial charge in [-0.1, -0.05) is 0 Å². The predicted octanol–water partition coefficient (Wildman–Crippen LogP) is 1.73. The maximum atomic E-state index is 12.0. The van der Waals surface area contributed by atoms with Crippen LogP contribution >= 0.6 is 0 Å². The lowest BCUT2D eigenvalue weighted by Gasteiger charge is -2.21. The smallest absolute Gasteiger partial charge is 0.326 e. The summed E-state index contributed by atoms with van der Waals surface area (Å²) in [6, 6.07) is 6.05. The number of hydrogen-bond donors (Lipinski definition) is 1. The van der Waals surface area contributed by atoms with Gasteiger partial charge in [0.25, 0.3) is 0 Å². The van der Waals surface area contributed by atoms with Gasteiger partial charge in [0.2, 0.25) is 5.91 Å². The van der Waals surface area contributed by atoms with Crippen molar-refractivity contribution in [2.45, 2.75) is 31.7 Å². The van der Waals surface area contributed by atoms with Gasteiger partial charge in [-0.25, -0.2) is 4.79 Å². The molecule has 1 aromatic carbocycles. The summed E-state index contributed by atoms with van der Waals surface area (Å²) in [5.74, 6) is -0.426. The minimum Gasteiger partial charge on any atom is -0.494 e. The molecule has 0 spiro atoms. The molecule has 1 unspecified atom stereocenters. The zero-order valence-electron chi connectivity index (χ0n) is 12.2. The largest absolute Gasteiger partial charge is 0.494 e. The number of ether oxygens (including phenoxy) is 1. The average molecular weight is 305 g/mol. The van der Waals surface area contributed by atoms with Crippen LogP contribution in [0.3, 0.4) is 0 Å². The van der Waals surface area contributed by atoms with Crippen LogP contribution in [0.2, 0.25) is 0 Å². The molecule has 1 aliphatic rings. The van der Waals surface area contributed by atoms with Crippen LogP contribution in [-0.2, 0) is 9.59 Å². The third-order valence-electron chi connectivity index (χ3n) is 3.68. The normalized spacial score (nSPS) is 17.3. The lowest BCUT2D eigenvalue weighted by atomic mass is 10.2. The molecule has 1 atom stereocenters. The Hall–Kier alpha value is -2.37. The van der Waals surface area contributed by atoms with E-state index < -0.39 is 12.0 Å². The molecule has 0 radical (unpaired) electrons. The highest BCUT2D eigenvalue weighted by Gasteiger charge is 2.33. The maximum Gasteiger partial charge on any atom is 0.326 e. The number of rotatable bonds is 7. The molecule has 1 aliphatic heterocycles. The maximum absolute atomic E-state index is 12.0. The Kier molecular flexibility index (Phi) is 5.52. The standard InChI is InChI=1S/C16H19NO5/c18-11-12-5-7-13(8-6-12)22-10-2-4-15(19)17-9-1-3-14(17)16(20)21/h5-8,11,14H,1-4,9-10H2,(H,20,21). The first-order valence-electron chi connectivity index (χ1n) is 7.32. The Bertz CT molecular complexity index is 540. The van der Waals surface area contributed by atoms with Crippen molar-refractivity contribution in [2.24, 2.45) is 0 Å². The molecule has 1 heterocycles. The number of benzene rings is 1. The molecule has 1 amide bonds. The third-order valence-corrected chi connectivity index (χ3v) is 3.68. The van der Waals surface area contributed by atoms with Gasteiger partial charge < -0.3 is 14.7 Å². The third kappa shape index (κ3) is 4.07. The molecule has 6 heteroatoms. The lowest BCUT2D eigenvalue weighted by molar-refractivity contribution is -0.148. The number of likely N-dealkylation sites (tertiary alicyclic amines) is 1. The molecule has 22 heavy (non-hydrogen) atoms. The van der Waals surface area contributed by atoms with E-state index in [0.29, 0.717) is 37.3 Å². The predicted molar refractivity (Wildman–Crippen MR) is 78.9 cm³/mol. The summed E-state index contributed by atoms with van der Waals surface area (Å²) in [4.78, 5) is 35.0. The van der Waals surface area contributed by atoms with Crippen LogP contribution in [0.15, 0.2) is 24.3 Å². The molecular formula is C16H19NO5. The molecule has 1 N–H and O–H groups in total. The molecule has 6 nitrogen and oxygen atoms in total. The highest BCUT2D eigenvalue weighted by molar-refractivity contribution is 5.84. The Balaban J connectivity index is 1.72. The topological polar surface area (TPSA) is 83.9 Å². The van der Waals surface area contributed by atoms with Crippen molar-refractivity contribution in [3.63, 3.8) is 0 Å². The monoisotopic (exact) mass is 305 g/mol. The van der Waals surface area contributed by atoms with E-state index >= 15 is 0 Å². The summed E-state index contributed by atoms with van der Waals surface area (Å²) >= 11 is 0. The second-order valence-corrected chi connectivity index (χ2v) is 5.22. The first kappa shape index (κ1) is 16.0. The van der Waals surface area contributed by atoms with Crippen LogP contribution in [0.1, 0.15) is 36.0 Å². The second kappa shape index (κ2) is 7.59. The van der Waals surface area contributed by atoms with Crippen LogP contribution in [0.25, 0.3) is 0 Å². The van der Waals surface area contributed by atoms with Crippen molar-refractivity contribution in [3.05, 3.63) is 29.8 Å². The van der Waals surface area contributed by atoms with Crippen molar-refractivity contribution >= 4 is 18.2 Å². The average Bonchev–Trinajstić information content (AvgIpc) is 3.02. The number of aliphatic carboxylic acids is 1. The van der Waals surface area contributed by atoms with Gasteiger partial charge in [-0.15, -0.1) is 0 Å². The van der Waals surface area contributed by atoms with E-state index in [1.165, 1.54) is 4.90 Å². The number of amides is 1. The van der Waals surface area contributed by atoms with Crippen LogP contribution in [0, 0.1) is 0 Å². The summed E-state index contributed by atoms with van der Waals surface area (Å²) in [6.45, 7) is 0.890. The fourth-order valence-corrected chi connectivity index (χ4v) is 2.52. The minimum absolute atomic E-state index is 0.134. The zero-order chi connectivity index (χ0) is 15.9. The summed E-state index contributed by atoms with van der Waals surface area (Å²) in [5.41, 5.74) is 0.580. The van der Waals surface area contributed by atoms with E-state index in [4.69, 9.17) is 9.84 Å². The number of carbonyl (C=O) groups excluding carboxylic acids is 2. The molecular weight excluding hydrogens is 286 g/mol. The van der Waals surface area contributed by atoms with Gasteiger partial charge in [-0.3, -0.25) is 9.59 Å². The molecule has 0 aromatic heterocycles. The Labute approximate surface area is 128 Å². The Morgan fingerprint density at radius 2 is 2.05 bits per heavy atom. The van der Waals surface area contributed by atoms with Gasteiger partial charge >= 0.3 is 5.97 Å². The highest BCUT2D eigenvalue weighted by atomic mass is 16.5. The summed E-state index contributed by atoms with van der Waals surface area (Å²) < 4.78 is 5.49. The molecule has 118 valence electrons. The molecule has 2 rings (SSSR count). The fourth-order valence-electron chi connectivity index (χ4n) is 2.52. The van der Waals surface area contributed by atoms with E-state index in [2.05, 4.69) is 0 Å². The van der Waals surface area contributed by atoms with Crippen LogP contribution in [0.4, 0.5) is 0 Å². The molecule has 0 aliphatic carbocycles. The van der Waals surface area contributed by atoms with E-state index in [-0.39, 0.29) is 12.3 Å². The second-order valence-electron chi connectivity index (χ2n) is 5.22. The first-order valence-corrected chi connectivity index (χ1v) is 7.32. The van der Waals surface area contributed by atoms with Gasteiger partial charge in [0.15, 0.2) is 0 Å². The Morgan fingerprint density at radius 3 is 2.68 bits per heavy atom. The van der Waals surface area contributed by atoms with E-state index in [1.54, 1.807) is 24.3 Å². The zero-order valence-corrected chi connectivity index (χ0v) is 12.2. The van der Waals surface area contributed by atoms with Gasteiger partial charge in [-0.05, 0) is 43.5 Å². The van der Waals surface area contributed by atoms with Crippen molar-refractivity contribution in [2.75, 3.05) is 13.2 Å². The first-order chi connectivity index (χ1) is 10.6. The summed E-state index contributed by atoms with van der Waals surface area (Å²) in [5, 5.41) is 9.05. The SMILES string of the molecule is O=Cc1ccc(OCCCC(=O)N2CCCC2C(=O)O)cc1. The van der Waals surface area contributed by atoms with Gasteiger partial charge in [0, 0.05) is 18.5 Å². The quantitative estimate of drug-likeness (QED) is 0.612. The fraction of sp³-hybridized carbons (Fsp3) is 0.438. The highest BCUT2D eigenvalue weighted by Crippen LogP contribution is 2.19. The number of carboxylic acids is 1. The van der Waals surface area contributed by atoms with Crippen LogP contribution in [0.5, 0.6) is 5.75 Å². The van der Waals surface area contributed by atoms with Crippen molar-refractivity contribution in [1.29, 1.82) is 0 Å². The molecule has 0 saturated carbocycles. The molecule has 1 aromatic rings. The van der Waals surface area contributed by atoms with Gasteiger partial charge in [0.1, 0.15) is 18.1 Å². The van der Waals surface area contributed by atoms with E-state index in [0.717, 1.165) is 12.7 Å². The number of carbonyl (C=O) groups is 3. The van der Waals surface area contributed by atoms with Crippen LogP contribution < -0.4 is 4.74 Å². The summed E-state index contributed by atoms with van der Waals surface area (Å²) in [7, 11) is 0. The van der Waals surface area contributed by atoms with E-state index in [9.17, 15) is 14.4 Å². The number of hydrogen-bond acceptors (Lipinski definition) is 4. The van der Waals surface area contributed by atoms with Crippen molar-refractivity contribution in [1.82, 2.24) is 4.90 Å². The molecule has 1 fully saturated rings. The van der Waals surface area contributed by atoms with Crippen LogP contribution in [-0.4, -0.2) is 47.4 Å². The summed E-state index contributed by atoms with van der Waals surface area (Å²) in [6.07, 6.45) is 2.83. The minimum atomic E-state index is -0.933. The molecule has 0 bridgehead atoms. The number of aldehydes is 1. The number of carboxylic acid groups (broad SMARTS) is 1. The number of nitrogens with zero attached hydrogens (tertiary/aromatic N) is 1. The lowest BCUT2D eigenvalue weighted by Crippen LogP contribution is -2.40. The molecule has 1 saturated heterocycles. The van der Waals surface area contributed by atoms with Crippen molar-refractivity contribution in [3.8, 4) is 5.75 Å². The van der Waals surface area contributed by atoms with Gasteiger partial charge in [-0.2, -0.15) is 0 Å². The van der Waals surface area contributed by atoms with Crippen molar-refractivity contribution < 1.29 is 24.2 Å². The Morgan fingerprint density at radius 1 is 1.32 bits per heavy atom.